The van der Waals surface area contributed by atoms with Crippen LogP contribution in [0, 0.1) is 0 Å². The predicted molar refractivity (Wildman–Crippen MR) is 84.6 cm³/mol. The van der Waals surface area contributed by atoms with Gasteiger partial charge in [0, 0.05) is 12.4 Å². The van der Waals surface area contributed by atoms with Crippen LogP contribution in [0.25, 0.3) is 0 Å². The summed E-state index contributed by atoms with van der Waals surface area (Å²) in [4.78, 5) is 26.5. The molecule has 2 aromatic rings. The van der Waals surface area contributed by atoms with Crippen LogP contribution < -0.4 is 5.32 Å². The van der Waals surface area contributed by atoms with Crippen molar-refractivity contribution in [2.24, 2.45) is 0 Å². The molecule has 3 amide bonds. The molecule has 3 rings (SSSR count). The van der Waals surface area contributed by atoms with E-state index in [0.717, 1.165) is 11.1 Å². The monoisotopic (exact) mass is 314 g/mol. The Labute approximate surface area is 133 Å². The third kappa shape index (κ3) is 2.16. The maximum Gasteiger partial charge on any atom is 0.325 e. The number of amides is 3. The van der Waals surface area contributed by atoms with E-state index < -0.39 is 11.6 Å². The molecule has 4 nitrogen and oxygen atoms in total. The fourth-order valence-electron chi connectivity index (χ4n) is 2.80. The number of benzene rings is 2. The van der Waals surface area contributed by atoms with Crippen molar-refractivity contribution in [3.8, 4) is 0 Å². The highest BCUT2D eigenvalue weighted by Crippen LogP contribution is 2.35. The number of carbonyl (C=O) groups is 2. The van der Waals surface area contributed by atoms with Crippen LogP contribution in [0.4, 0.5) is 4.79 Å². The zero-order valence-corrected chi connectivity index (χ0v) is 12.6. The van der Waals surface area contributed by atoms with Gasteiger partial charge < -0.3 is 5.32 Å². The number of imide groups is 1. The number of nitrogens with zero attached hydrogens (tertiary/aromatic N) is 1. The largest absolute Gasteiger partial charge is 0.325 e. The molecule has 1 fully saturated rings. The van der Waals surface area contributed by atoms with Crippen molar-refractivity contribution in [2.75, 3.05) is 12.4 Å². The zero-order valence-electron chi connectivity index (χ0n) is 11.8. The molecular weight excluding hydrogens is 300 g/mol. The molecule has 1 heterocycles. The molecular formula is C17H15ClN2O2. The number of nitrogens with one attached hydrogen (secondary N) is 1. The molecule has 5 heteroatoms. The van der Waals surface area contributed by atoms with Crippen LogP contribution >= 0.6 is 11.6 Å². The quantitative estimate of drug-likeness (QED) is 0.697. The van der Waals surface area contributed by atoms with Gasteiger partial charge in [-0.1, -0.05) is 60.7 Å². The molecule has 0 unspecified atom stereocenters. The van der Waals surface area contributed by atoms with Crippen molar-refractivity contribution in [3.63, 3.8) is 0 Å². The van der Waals surface area contributed by atoms with Crippen molar-refractivity contribution in [1.82, 2.24) is 10.2 Å². The van der Waals surface area contributed by atoms with Gasteiger partial charge in [-0.2, -0.15) is 0 Å². The maximum absolute atomic E-state index is 13.0. The second-order valence-electron chi connectivity index (χ2n) is 5.06. The average Bonchev–Trinajstić information content (AvgIpc) is 2.82. The van der Waals surface area contributed by atoms with E-state index in [1.54, 1.807) is 0 Å². The number of hydrogen-bond donors (Lipinski definition) is 1. The molecule has 0 saturated carbocycles. The summed E-state index contributed by atoms with van der Waals surface area (Å²) in [6, 6.07) is 18.1. The van der Waals surface area contributed by atoms with E-state index in [9.17, 15) is 9.59 Å². The van der Waals surface area contributed by atoms with Crippen molar-refractivity contribution in [1.29, 1.82) is 0 Å². The minimum atomic E-state index is -1.19. The van der Waals surface area contributed by atoms with Gasteiger partial charge in [-0.05, 0) is 11.1 Å². The summed E-state index contributed by atoms with van der Waals surface area (Å²) in [6.07, 6.45) is 0. The molecule has 1 aliphatic heterocycles. The molecule has 1 aliphatic rings. The normalized spacial score (nSPS) is 16.7. The molecule has 1 saturated heterocycles. The topological polar surface area (TPSA) is 49.4 Å². The van der Waals surface area contributed by atoms with Crippen LogP contribution in [0.1, 0.15) is 11.1 Å². The average molecular weight is 315 g/mol. The second-order valence-corrected chi connectivity index (χ2v) is 5.44. The summed E-state index contributed by atoms with van der Waals surface area (Å²) < 4.78 is 0. The van der Waals surface area contributed by atoms with Gasteiger partial charge >= 0.3 is 6.03 Å². The minimum absolute atomic E-state index is 0.188. The third-order valence-corrected chi connectivity index (χ3v) is 4.00. The molecule has 112 valence electrons. The van der Waals surface area contributed by atoms with E-state index >= 15 is 0 Å². The van der Waals surface area contributed by atoms with Crippen LogP contribution in [-0.4, -0.2) is 29.3 Å². The van der Waals surface area contributed by atoms with E-state index in [2.05, 4.69) is 5.32 Å². The Bertz CT molecular complexity index is 649. The molecule has 22 heavy (non-hydrogen) atoms. The van der Waals surface area contributed by atoms with Crippen LogP contribution in [0.15, 0.2) is 60.7 Å². The van der Waals surface area contributed by atoms with Crippen LogP contribution in [0.3, 0.4) is 0 Å². The summed E-state index contributed by atoms with van der Waals surface area (Å²) in [5, 5.41) is 2.86. The Morgan fingerprint density at radius 2 is 1.41 bits per heavy atom. The van der Waals surface area contributed by atoms with E-state index in [1.807, 2.05) is 60.7 Å². The van der Waals surface area contributed by atoms with Crippen molar-refractivity contribution < 1.29 is 9.59 Å². The Kier molecular flexibility index (Phi) is 3.86. The number of hydrogen-bond acceptors (Lipinski definition) is 2. The van der Waals surface area contributed by atoms with E-state index in [1.165, 1.54) is 4.90 Å². The molecule has 0 spiro atoms. The predicted octanol–water partition coefficient (Wildman–Crippen LogP) is 2.72. The van der Waals surface area contributed by atoms with Gasteiger partial charge in [0.05, 0.1) is 0 Å². The minimum Gasteiger partial charge on any atom is -0.315 e. The standard InChI is InChI=1S/C17H15ClN2O2/c18-11-12-20-15(21)17(19-16(20)22,13-7-3-1-4-8-13)14-9-5-2-6-10-14/h1-10H,11-12H2,(H,19,22). The lowest BCUT2D eigenvalue weighted by Crippen LogP contribution is -2.45. The molecule has 0 bridgehead atoms. The third-order valence-electron chi connectivity index (χ3n) is 3.83. The number of rotatable bonds is 4. The van der Waals surface area contributed by atoms with E-state index in [-0.39, 0.29) is 18.3 Å². The van der Waals surface area contributed by atoms with Crippen molar-refractivity contribution >= 4 is 23.5 Å². The first-order valence-corrected chi connectivity index (χ1v) is 7.54. The van der Waals surface area contributed by atoms with Crippen molar-refractivity contribution in [3.05, 3.63) is 71.8 Å². The Morgan fingerprint density at radius 3 is 1.86 bits per heavy atom. The maximum atomic E-state index is 13.0. The first-order chi connectivity index (χ1) is 10.7. The number of carbonyl (C=O) groups excluding carboxylic acids is 2. The van der Waals surface area contributed by atoms with Crippen LogP contribution in [0.2, 0.25) is 0 Å². The summed E-state index contributed by atoms with van der Waals surface area (Å²) in [5.74, 6) is -0.0886. The lowest BCUT2D eigenvalue weighted by atomic mass is 9.82. The lowest BCUT2D eigenvalue weighted by molar-refractivity contribution is -0.130. The summed E-state index contributed by atoms with van der Waals surface area (Å²) in [7, 11) is 0. The molecule has 1 N–H and O–H groups in total. The van der Waals surface area contributed by atoms with Gasteiger partial charge in [0.2, 0.25) is 0 Å². The van der Waals surface area contributed by atoms with Gasteiger partial charge in [-0.3, -0.25) is 9.69 Å². The summed E-state index contributed by atoms with van der Waals surface area (Å²) in [6.45, 7) is 0.188. The highest BCUT2D eigenvalue weighted by atomic mass is 35.5. The molecule has 2 aromatic carbocycles. The van der Waals surface area contributed by atoms with E-state index in [0.29, 0.717) is 0 Å². The van der Waals surface area contributed by atoms with Crippen LogP contribution in [0.5, 0.6) is 0 Å². The van der Waals surface area contributed by atoms with Gasteiger partial charge in [0.25, 0.3) is 5.91 Å². The van der Waals surface area contributed by atoms with Gasteiger partial charge in [-0.25, -0.2) is 4.79 Å². The van der Waals surface area contributed by atoms with E-state index in [4.69, 9.17) is 11.6 Å². The Morgan fingerprint density at radius 1 is 0.909 bits per heavy atom. The SMILES string of the molecule is O=C1NC(c2ccccc2)(c2ccccc2)C(=O)N1CCCl. The van der Waals surface area contributed by atoms with Crippen LogP contribution in [-0.2, 0) is 10.3 Å². The zero-order chi connectivity index (χ0) is 15.6. The summed E-state index contributed by atoms with van der Waals surface area (Å²) in [5.41, 5.74) is 0.277. The first-order valence-electron chi connectivity index (χ1n) is 7.01. The number of alkyl halides is 1. The first kappa shape index (κ1) is 14.6. The molecule has 0 aliphatic carbocycles. The fourth-order valence-corrected chi connectivity index (χ4v) is 2.97. The Hall–Kier alpha value is -2.33. The number of urea groups is 1. The molecule has 0 radical (unpaired) electrons. The number of halogens is 1. The molecule has 0 atom stereocenters. The van der Waals surface area contributed by atoms with Gasteiger partial charge in [-0.15, -0.1) is 11.6 Å². The Balaban J connectivity index is 2.18. The fraction of sp³-hybridized carbons (Fsp3) is 0.176. The summed E-state index contributed by atoms with van der Waals surface area (Å²) >= 11 is 5.72. The smallest absolute Gasteiger partial charge is 0.315 e. The highest BCUT2D eigenvalue weighted by molar-refractivity contribution is 6.18. The lowest BCUT2D eigenvalue weighted by Gasteiger charge is -2.27. The van der Waals surface area contributed by atoms with Crippen molar-refractivity contribution in [2.45, 2.75) is 5.54 Å². The second kappa shape index (κ2) is 5.81. The highest BCUT2D eigenvalue weighted by Gasteiger charge is 2.53. The van der Waals surface area contributed by atoms with Gasteiger partial charge in [0.1, 0.15) is 0 Å². The van der Waals surface area contributed by atoms with Gasteiger partial charge in [0.15, 0.2) is 5.54 Å². The molecule has 0 aromatic heterocycles.